The van der Waals surface area contributed by atoms with Gasteiger partial charge in [0.2, 0.25) is 0 Å². The smallest absolute Gasteiger partial charge is 0.152 e. The Balaban J connectivity index is 2.22. The van der Waals surface area contributed by atoms with Crippen LogP contribution in [-0.4, -0.2) is 14.8 Å². The first kappa shape index (κ1) is 11.6. The summed E-state index contributed by atoms with van der Waals surface area (Å²) >= 11 is 0. The molecule has 90 valence electrons. The highest BCUT2D eigenvalue weighted by molar-refractivity contribution is 5.05. The number of hydrogen-bond donors (Lipinski definition) is 1. The number of nitrogens with zero attached hydrogens (tertiary/aromatic N) is 3. The van der Waals surface area contributed by atoms with Crippen LogP contribution in [0.2, 0.25) is 0 Å². The monoisotopic (exact) mass is 222 g/mol. The van der Waals surface area contributed by atoms with E-state index in [4.69, 9.17) is 5.73 Å². The minimum atomic E-state index is -0.234. The molecule has 0 saturated heterocycles. The van der Waals surface area contributed by atoms with E-state index in [1.165, 1.54) is 25.7 Å². The first-order valence-electron chi connectivity index (χ1n) is 6.43. The summed E-state index contributed by atoms with van der Waals surface area (Å²) in [6, 6.07) is 0. The second kappa shape index (κ2) is 4.95. The Hall–Kier alpha value is -0.900. The fourth-order valence-corrected chi connectivity index (χ4v) is 2.63. The largest absolute Gasteiger partial charge is 0.319 e. The molecule has 0 aliphatic heterocycles. The summed E-state index contributed by atoms with van der Waals surface area (Å²) in [4.78, 5) is 0. The van der Waals surface area contributed by atoms with E-state index >= 15 is 0 Å². The maximum absolute atomic E-state index is 6.53. The van der Waals surface area contributed by atoms with Gasteiger partial charge in [-0.05, 0) is 19.3 Å². The van der Waals surface area contributed by atoms with Crippen molar-refractivity contribution in [3.63, 3.8) is 0 Å². The van der Waals surface area contributed by atoms with Crippen molar-refractivity contribution >= 4 is 0 Å². The van der Waals surface area contributed by atoms with E-state index in [0.29, 0.717) is 0 Å². The first-order valence-corrected chi connectivity index (χ1v) is 6.43. The Kier molecular flexibility index (Phi) is 3.59. The van der Waals surface area contributed by atoms with Gasteiger partial charge in [-0.1, -0.05) is 32.6 Å². The van der Waals surface area contributed by atoms with Crippen molar-refractivity contribution < 1.29 is 0 Å². The van der Waals surface area contributed by atoms with Crippen LogP contribution in [0.15, 0.2) is 6.33 Å². The summed E-state index contributed by atoms with van der Waals surface area (Å²) in [7, 11) is 0. The van der Waals surface area contributed by atoms with E-state index < -0.39 is 0 Å². The van der Waals surface area contributed by atoms with E-state index in [2.05, 4.69) is 21.7 Å². The molecule has 2 N–H and O–H groups in total. The lowest BCUT2D eigenvalue weighted by atomic mass is 9.90. The highest BCUT2D eigenvalue weighted by atomic mass is 15.3. The van der Waals surface area contributed by atoms with Crippen molar-refractivity contribution in [1.82, 2.24) is 14.8 Å². The molecule has 0 atom stereocenters. The average molecular weight is 222 g/mol. The molecule has 1 aliphatic rings. The van der Waals surface area contributed by atoms with Crippen LogP contribution < -0.4 is 5.73 Å². The number of aryl methyl sites for hydroxylation is 1. The zero-order valence-electron chi connectivity index (χ0n) is 10.2. The van der Waals surface area contributed by atoms with E-state index in [1.54, 1.807) is 0 Å². The SMILES string of the molecule is CCCn1cnnc1C1(N)CCCCCC1. The third-order valence-electron chi connectivity index (χ3n) is 3.52. The molecule has 1 fully saturated rings. The molecule has 16 heavy (non-hydrogen) atoms. The van der Waals surface area contributed by atoms with Crippen LogP contribution in [0.1, 0.15) is 57.7 Å². The highest BCUT2D eigenvalue weighted by Crippen LogP contribution is 2.32. The molecule has 4 heteroatoms. The Morgan fingerprint density at radius 2 is 2.00 bits per heavy atom. The van der Waals surface area contributed by atoms with Crippen LogP contribution in [0.5, 0.6) is 0 Å². The van der Waals surface area contributed by atoms with Gasteiger partial charge in [-0.25, -0.2) is 0 Å². The maximum atomic E-state index is 6.53. The van der Waals surface area contributed by atoms with Crippen molar-refractivity contribution in [2.75, 3.05) is 0 Å². The van der Waals surface area contributed by atoms with Crippen molar-refractivity contribution in [1.29, 1.82) is 0 Å². The first-order chi connectivity index (χ1) is 7.76. The number of aromatic nitrogens is 3. The molecule has 0 spiro atoms. The quantitative estimate of drug-likeness (QED) is 0.798. The van der Waals surface area contributed by atoms with Crippen molar-refractivity contribution in [3.8, 4) is 0 Å². The Bertz CT molecular complexity index is 324. The van der Waals surface area contributed by atoms with Crippen LogP contribution >= 0.6 is 0 Å². The van der Waals surface area contributed by atoms with Crippen LogP contribution in [0, 0.1) is 0 Å². The summed E-state index contributed by atoms with van der Waals surface area (Å²) in [5.41, 5.74) is 6.30. The summed E-state index contributed by atoms with van der Waals surface area (Å²) in [5, 5.41) is 8.28. The number of nitrogens with two attached hydrogens (primary N) is 1. The highest BCUT2D eigenvalue weighted by Gasteiger charge is 2.32. The summed E-state index contributed by atoms with van der Waals surface area (Å²) in [5.74, 6) is 0.997. The molecular weight excluding hydrogens is 200 g/mol. The van der Waals surface area contributed by atoms with Crippen LogP contribution in [0.4, 0.5) is 0 Å². The van der Waals surface area contributed by atoms with Gasteiger partial charge in [-0.2, -0.15) is 0 Å². The average Bonchev–Trinajstić information content (AvgIpc) is 2.62. The second-order valence-electron chi connectivity index (χ2n) is 4.92. The van der Waals surface area contributed by atoms with Gasteiger partial charge in [-0.15, -0.1) is 10.2 Å². The third-order valence-corrected chi connectivity index (χ3v) is 3.52. The molecule has 1 saturated carbocycles. The second-order valence-corrected chi connectivity index (χ2v) is 4.92. The normalized spacial score (nSPS) is 20.6. The maximum Gasteiger partial charge on any atom is 0.152 e. The predicted molar refractivity (Wildman–Crippen MR) is 63.9 cm³/mol. The molecule has 4 nitrogen and oxygen atoms in total. The Labute approximate surface area is 97.2 Å². The van der Waals surface area contributed by atoms with E-state index in [0.717, 1.165) is 31.6 Å². The fourth-order valence-electron chi connectivity index (χ4n) is 2.63. The molecule has 1 aliphatic carbocycles. The van der Waals surface area contributed by atoms with Gasteiger partial charge in [0.05, 0.1) is 5.54 Å². The Morgan fingerprint density at radius 1 is 1.31 bits per heavy atom. The van der Waals surface area contributed by atoms with Gasteiger partial charge >= 0.3 is 0 Å². The van der Waals surface area contributed by atoms with Crippen molar-refractivity contribution in [3.05, 3.63) is 12.2 Å². The lowest BCUT2D eigenvalue weighted by Gasteiger charge is -2.27. The van der Waals surface area contributed by atoms with Crippen molar-refractivity contribution in [2.45, 2.75) is 64.0 Å². The zero-order valence-corrected chi connectivity index (χ0v) is 10.2. The lowest BCUT2D eigenvalue weighted by Crippen LogP contribution is -2.39. The van der Waals surface area contributed by atoms with Gasteiger partial charge in [0.1, 0.15) is 6.33 Å². The minimum Gasteiger partial charge on any atom is -0.319 e. The standard InChI is InChI=1S/C12H22N4/c1-2-9-16-10-14-15-11(16)12(13)7-5-3-4-6-8-12/h10H,2-9,13H2,1H3. The molecule has 1 aromatic rings. The summed E-state index contributed by atoms with van der Waals surface area (Å²) < 4.78 is 2.13. The van der Waals surface area contributed by atoms with Gasteiger partial charge < -0.3 is 10.3 Å². The lowest BCUT2D eigenvalue weighted by molar-refractivity contribution is 0.345. The number of rotatable bonds is 3. The predicted octanol–water partition coefficient (Wildman–Crippen LogP) is 2.20. The molecule has 1 heterocycles. The molecule has 0 aromatic carbocycles. The summed E-state index contributed by atoms with van der Waals surface area (Å²) in [6.45, 7) is 3.14. The molecule has 0 bridgehead atoms. The third kappa shape index (κ3) is 2.26. The van der Waals surface area contributed by atoms with E-state index in [1.807, 2.05) is 6.33 Å². The molecule has 0 amide bonds. The topological polar surface area (TPSA) is 56.7 Å². The van der Waals surface area contributed by atoms with E-state index in [-0.39, 0.29) is 5.54 Å². The minimum absolute atomic E-state index is 0.234. The van der Waals surface area contributed by atoms with E-state index in [9.17, 15) is 0 Å². The molecule has 0 radical (unpaired) electrons. The molecule has 2 rings (SSSR count). The van der Waals surface area contributed by atoms with Gasteiger partial charge in [-0.3, -0.25) is 0 Å². The van der Waals surface area contributed by atoms with Gasteiger partial charge in [0.15, 0.2) is 5.82 Å². The summed E-state index contributed by atoms with van der Waals surface area (Å²) in [6.07, 6.45) is 10.1. The van der Waals surface area contributed by atoms with Crippen LogP contribution in [-0.2, 0) is 12.1 Å². The zero-order chi connectivity index (χ0) is 11.4. The van der Waals surface area contributed by atoms with Crippen LogP contribution in [0.25, 0.3) is 0 Å². The molecular formula is C12H22N4. The van der Waals surface area contributed by atoms with Crippen LogP contribution in [0.3, 0.4) is 0 Å². The van der Waals surface area contributed by atoms with Crippen molar-refractivity contribution in [2.24, 2.45) is 5.73 Å². The Morgan fingerprint density at radius 3 is 2.62 bits per heavy atom. The number of hydrogen-bond acceptors (Lipinski definition) is 3. The fraction of sp³-hybridized carbons (Fsp3) is 0.833. The van der Waals surface area contributed by atoms with Gasteiger partial charge in [0, 0.05) is 6.54 Å². The van der Waals surface area contributed by atoms with Gasteiger partial charge in [0.25, 0.3) is 0 Å². The molecule has 1 aromatic heterocycles. The molecule has 0 unspecified atom stereocenters.